The number of anilines is 1. The number of aromatic nitrogens is 2. The minimum Gasteiger partial charge on any atom is -0.365 e. The number of hydrogen-bond acceptors (Lipinski definition) is 5. The van der Waals surface area contributed by atoms with E-state index >= 15 is 0 Å². The van der Waals surface area contributed by atoms with Gasteiger partial charge in [-0.2, -0.15) is 5.26 Å². The molecule has 1 saturated heterocycles. The molecule has 0 aromatic carbocycles. The molecule has 1 amide bonds. The number of nitrogens with zero attached hydrogens (tertiary/aromatic N) is 4. The summed E-state index contributed by atoms with van der Waals surface area (Å²) in [5.74, 6) is -0.365. The second-order valence-corrected chi connectivity index (χ2v) is 6.66. The Morgan fingerprint density at radius 1 is 1.44 bits per heavy atom. The Morgan fingerprint density at radius 3 is 2.74 bits per heavy atom. The Kier molecular flexibility index (Phi) is 5.23. The zero-order valence-electron chi connectivity index (χ0n) is 15.5. The number of nitrogens with one attached hydrogen (secondary N) is 1. The lowest BCUT2D eigenvalue weighted by Crippen LogP contribution is -3.14. The largest absolute Gasteiger partial charge is 0.365 e. The number of primary amides is 1. The van der Waals surface area contributed by atoms with Gasteiger partial charge >= 0.3 is 0 Å². The third-order valence-electron chi connectivity index (χ3n) is 5.01. The van der Waals surface area contributed by atoms with Gasteiger partial charge in [0.15, 0.2) is 0 Å². The minimum absolute atomic E-state index is 0.216. The Morgan fingerprint density at radius 2 is 2.15 bits per heavy atom. The standard InChI is InChI=1S/C19H22N6O2/c1-3-23-7-9-24(10-8-23)18-15(11-14(12-20)16(21)26)19(27)25-6-4-5-13(2)17(25)22-18/h4-6,11H,3,7-10H2,1-2H3,(H2,21,26)/p+1/b14-11-. The van der Waals surface area contributed by atoms with Crippen LogP contribution in [-0.4, -0.2) is 48.0 Å². The monoisotopic (exact) mass is 367 g/mol. The van der Waals surface area contributed by atoms with Gasteiger partial charge in [0.2, 0.25) is 0 Å². The molecule has 1 fully saturated rings. The third kappa shape index (κ3) is 3.55. The second-order valence-electron chi connectivity index (χ2n) is 6.66. The fourth-order valence-corrected chi connectivity index (χ4v) is 3.36. The minimum atomic E-state index is -0.863. The van der Waals surface area contributed by atoms with Gasteiger partial charge < -0.3 is 15.5 Å². The van der Waals surface area contributed by atoms with Crippen LogP contribution in [0, 0.1) is 18.3 Å². The number of aryl methyl sites for hydroxylation is 1. The van der Waals surface area contributed by atoms with E-state index in [2.05, 4.69) is 11.8 Å². The van der Waals surface area contributed by atoms with Crippen molar-refractivity contribution in [2.45, 2.75) is 13.8 Å². The summed E-state index contributed by atoms with van der Waals surface area (Å²) >= 11 is 0. The van der Waals surface area contributed by atoms with Crippen LogP contribution in [0.25, 0.3) is 11.7 Å². The van der Waals surface area contributed by atoms with E-state index in [0.29, 0.717) is 11.5 Å². The number of carbonyl (C=O) groups is 1. The highest BCUT2D eigenvalue weighted by molar-refractivity contribution is 6.01. The quantitative estimate of drug-likeness (QED) is 0.539. The van der Waals surface area contributed by atoms with Gasteiger partial charge in [-0.15, -0.1) is 0 Å². The maximum Gasteiger partial charge on any atom is 0.267 e. The summed E-state index contributed by atoms with van der Waals surface area (Å²) in [5, 5.41) is 9.21. The molecular formula is C19H23N6O2+. The van der Waals surface area contributed by atoms with Gasteiger partial charge in [-0.3, -0.25) is 14.0 Å². The van der Waals surface area contributed by atoms with Gasteiger partial charge in [0, 0.05) is 6.20 Å². The van der Waals surface area contributed by atoms with E-state index in [0.717, 1.165) is 38.3 Å². The summed E-state index contributed by atoms with van der Waals surface area (Å²) in [5.41, 5.74) is 6.34. The van der Waals surface area contributed by atoms with Crippen LogP contribution < -0.4 is 21.1 Å². The van der Waals surface area contributed by atoms with Crippen molar-refractivity contribution < 1.29 is 9.69 Å². The summed E-state index contributed by atoms with van der Waals surface area (Å²) in [7, 11) is 0. The van der Waals surface area contributed by atoms with Crippen LogP contribution in [0.5, 0.6) is 0 Å². The maximum atomic E-state index is 13.1. The van der Waals surface area contributed by atoms with Crippen molar-refractivity contribution in [1.29, 1.82) is 5.26 Å². The van der Waals surface area contributed by atoms with Crippen molar-refractivity contribution in [3.05, 3.63) is 45.4 Å². The van der Waals surface area contributed by atoms with Crippen molar-refractivity contribution in [2.75, 3.05) is 37.6 Å². The van der Waals surface area contributed by atoms with Gasteiger partial charge in [-0.05, 0) is 31.6 Å². The molecule has 8 heteroatoms. The Hall–Kier alpha value is -3.18. The van der Waals surface area contributed by atoms with Crippen molar-refractivity contribution in [3.63, 3.8) is 0 Å². The second kappa shape index (κ2) is 7.60. The van der Waals surface area contributed by atoms with Crippen LogP contribution in [0.1, 0.15) is 18.1 Å². The van der Waals surface area contributed by atoms with Crippen LogP contribution in [0.4, 0.5) is 5.82 Å². The number of hydrogen-bond donors (Lipinski definition) is 2. The fourth-order valence-electron chi connectivity index (χ4n) is 3.36. The number of amides is 1. The number of quaternary nitrogens is 1. The summed E-state index contributed by atoms with van der Waals surface area (Å²) in [6, 6.07) is 5.43. The topological polar surface area (TPSA) is 109 Å². The Labute approximate surface area is 157 Å². The van der Waals surface area contributed by atoms with Gasteiger partial charge in [0.25, 0.3) is 11.5 Å². The lowest BCUT2D eigenvalue weighted by Gasteiger charge is -2.33. The zero-order valence-corrected chi connectivity index (χ0v) is 15.5. The number of rotatable bonds is 4. The molecular weight excluding hydrogens is 344 g/mol. The average molecular weight is 367 g/mol. The van der Waals surface area contributed by atoms with Crippen LogP contribution >= 0.6 is 0 Å². The lowest BCUT2D eigenvalue weighted by atomic mass is 10.1. The van der Waals surface area contributed by atoms with Gasteiger partial charge in [0.05, 0.1) is 38.3 Å². The van der Waals surface area contributed by atoms with E-state index in [-0.39, 0.29) is 16.7 Å². The summed E-state index contributed by atoms with van der Waals surface area (Å²) in [6.45, 7) is 8.46. The first-order valence-electron chi connectivity index (χ1n) is 8.98. The average Bonchev–Trinajstić information content (AvgIpc) is 2.67. The van der Waals surface area contributed by atoms with Crippen LogP contribution in [0.3, 0.4) is 0 Å². The van der Waals surface area contributed by atoms with Crippen LogP contribution in [0.15, 0.2) is 28.7 Å². The molecule has 8 nitrogen and oxygen atoms in total. The maximum absolute atomic E-state index is 13.1. The third-order valence-corrected chi connectivity index (χ3v) is 5.01. The summed E-state index contributed by atoms with van der Waals surface area (Å²) < 4.78 is 1.44. The number of pyridine rings is 1. The molecule has 0 radical (unpaired) electrons. The summed E-state index contributed by atoms with van der Waals surface area (Å²) in [4.78, 5) is 32.9. The predicted octanol–water partition coefficient (Wildman–Crippen LogP) is -0.880. The molecule has 2 aromatic heterocycles. The van der Waals surface area contributed by atoms with E-state index in [1.807, 2.05) is 13.0 Å². The number of nitrogens with two attached hydrogens (primary N) is 1. The molecule has 1 aliphatic heterocycles. The number of likely N-dealkylation sites (N-methyl/N-ethyl adjacent to an activating group) is 1. The molecule has 0 bridgehead atoms. The molecule has 1 aliphatic rings. The van der Waals surface area contributed by atoms with Gasteiger partial charge in [-0.25, -0.2) is 4.98 Å². The first-order valence-corrected chi connectivity index (χ1v) is 8.98. The van der Waals surface area contributed by atoms with Crippen LogP contribution in [-0.2, 0) is 4.79 Å². The van der Waals surface area contributed by atoms with Crippen molar-refractivity contribution in [3.8, 4) is 6.07 Å². The Balaban J connectivity index is 2.22. The molecule has 140 valence electrons. The first-order chi connectivity index (χ1) is 13.0. The smallest absolute Gasteiger partial charge is 0.267 e. The van der Waals surface area contributed by atoms with E-state index < -0.39 is 5.91 Å². The van der Waals surface area contributed by atoms with E-state index in [4.69, 9.17) is 10.7 Å². The van der Waals surface area contributed by atoms with Crippen molar-refractivity contribution >= 4 is 23.4 Å². The molecule has 27 heavy (non-hydrogen) atoms. The molecule has 0 unspecified atom stereocenters. The SMILES string of the molecule is CC[NH+]1CCN(c2nc3c(C)cccn3c(=O)c2/C=C(/C#N)C(N)=O)CC1. The highest BCUT2D eigenvalue weighted by Gasteiger charge is 2.24. The number of carbonyl (C=O) groups excluding carboxylic acids is 1. The highest BCUT2D eigenvalue weighted by atomic mass is 16.1. The van der Waals surface area contributed by atoms with E-state index in [1.54, 1.807) is 18.3 Å². The molecule has 0 atom stereocenters. The Bertz CT molecular complexity index is 1010. The normalized spacial score (nSPS) is 15.7. The summed E-state index contributed by atoms with van der Waals surface area (Å²) in [6.07, 6.45) is 2.90. The lowest BCUT2D eigenvalue weighted by molar-refractivity contribution is -0.898. The molecule has 3 heterocycles. The molecule has 0 saturated carbocycles. The highest BCUT2D eigenvalue weighted by Crippen LogP contribution is 2.20. The zero-order chi connectivity index (χ0) is 19.6. The predicted molar refractivity (Wildman–Crippen MR) is 102 cm³/mol. The first kappa shape index (κ1) is 18.6. The number of fused-ring (bicyclic) bond motifs is 1. The van der Waals surface area contributed by atoms with Gasteiger partial charge in [-0.1, -0.05) is 6.07 Å². The molecule has 0 spiro atoms. The van der Waals surface area contributed by atoms with Crippen molar-refractivity contribution in [1.82, 2.24) is 9.38 Å². The fraction of sp³-hybridized carbons (Fsp3) is 0.368. The molecule has 2 aromatic rings. The number of piperazine rings is 1. The van der Waals surface area contributed by atoms with Gasteiger partial charge in [0.1, 0.15) is 23.1 Å². The van der Waals surface area contributed by atoms with Crippen molar-refractivity contribution in [2.24, 2.45) is 5.73 Å². The van der Waals surface area contributed by atoms with E-state index in [9.17, 15) is 14.9 Å². The molecule has 3 rings (SSSR count). The van der Waals surface area contributed by atoms with E-state index in [1.165, 1.54) is 15.4 Å². The molecule has 3 N–H and O–H groups in total. The molecule has 0 aliphatic carbocycles. The number of nitriles is 1. The van der Waals surface area contributed by atoms with Crippen LogP contribution in [0.2, 0.25) is 0 Å².